The summed E-state index contributed by atoms with van der Waals surface area (Å²) in [5, 5.41) is 17.7. The summed E-state index contributed by atoms with van der Waals surface area (Å²) < 4.78 is 15.9. The van der Waals surface area contributed by atoms with E-state index < -0.39 is 5.82 Å². The molecular weight excluding hydrogens is 379 g/mol. The summed E-state index contributed by atoms with van der Waals surface area (Å²) in [4.78, 5) is 18.0. The van der Waals surface area contributed by atoms with E-state index in [1.54, 1.807) is 29.1 Å². The Morgan fingerprint density at radius 2 is 2.00 bits per heavy atom. The van der Waals surface area contributed by atoms with Crippen LogP contribution in [0.2, 0.25) is 0 Å². The highest BCUT2D eigenvalue weighted by atomic mass is 32.2. The number of aromatic nitrogens is 4. The van der Waals surface area contributed by atoms with Gasteiger partial charge < -0.3 is 9.47 Å². The summed E-state index contributed by atoms with van der Waals surface area (Å²) in [6.45, 7) is 0.123. The summed E-state index contributed by atoms with van der Waals surface area (Å²) >= 11 is 1.21. The molecular formula is C19H17FN6OS. The molecule has 0 fully saturated rings. The molecule has 3 rings (SSSR count). The number of nitriles is 1. The normalized spacial score (nSPS) is 10.5. The molecule has 0 bridgehead atoms. The van der Waals surface area contributed by atoms with E-state index in [1.807, 2.05) is 25.2 Å². The predicted octanol–water partition coefficient (Wildman–Crippen LogP) is 3.06. The number of halogens is 1. The monoisotopic (exact) mass is 396 g/mol. The highest BCUT2D eigenvalue weighted by Gasteiger charge is 2.20. The number of hydrogen-bond acceptors (Lipinski definition) is 6. The van der Waals surface area contributed by atoms with Gasteiger partial charge in [0.05, 0.1) is 23.9 Å². The Morgan fingerprint density at radius 3 is 2.71 bits per heavy atom. The van der Waals surface area contributed by atoms with E-state index >= 15 is 0 Å². The highest BCUT2D eigenvalue weighted by molar-refractivity contribution is 7.99. The van der Waals surface area contributed by atoms with Crippen LogP contribution in [0.25, 0.3) is 11.4 Å². The molecule has 2 aromatic heterocycles. The lowest BCUT2D eigenvalue weighted by Gasteiger charge is -2.22. The minimum Gasteiger partial charge on any atom is -0.308 e. The third kappa shape index (κ3) is 4.35. The van der Waals surface area contributed by atoms with Gasteiger partial charge in [0, 0.05) is 31.5 Å². The molecule has 9 heteroatoms. The van der Waals surface area contributed by atoms with E-state index in [2.05, 4.69) is 15.2 Å². The van der Waals surface area contributed by atoms with Gasteiger partial charge in [-0.25, -0.2) is 4.39 Å². The van der Waals surface area contributed by atoms with Crippen molar-refractivity contribution in [2.75, 3.05) is 17.2 Å². The smallest absolute Gasteiger partial charge is 0.237 e. The first-order valence-electron chi connectivity index (χ1n) is 8.46. The Morgan fingerprint density at radius 1 is 1.25 bits per heavy atom. The van der Waals surface area contributed by atoms with Crippen LogP contribution >= 0.6 is 11.8 Å². The number of carbonyl (C=O) groups is 1. The van der Waals surface area contributed by atoms with E-state index in [0.717, 1.165) is 5.56 Å². The van der Waals surface area contributed by atoms with Gasteiger partial charge in [-0.2, -0.15) is 5.26 Å². The maximum atomic E-state index is 14.1. The summed E-state index contributed by atoms with van der Waals surface area (Å²) in [5.74, 6) is -0.105. The number of carbonyl (C=O) groups excluding carboxylic acids is 1. The molecule has 0 radical (unpaired) electrons. The Kier molecular flexibility index (Phi) is 6.34. The summed E-state index contributed by atoms with van der Waals surface area (Å²) in [6.07, 6.45) is 3.45. The second-order valence-corrected chi connectivity index (χ2v) is 6.74. The van der Waals surface area contributed by atoms with E-state index in [4.69, 9.17) is 5.26 Å². The van der Waals surface area contributed by atoms with E-state index in [9.17, 15) is 9.18 Å². The molecule has 0 aliphatic rings. The molecule has 0 N–H and O–H groups in total. The minimum absolute atomic E-state index is 0.0437. The maximum Gasteiger partial charge on any atom is 0.237 e. The van der Waals surface area contributed by atoms with Gasteiger partial charge >= 0.3 is 0 Å². The fraction of sp³-hybridized carbons (Fsp3) is 0.211. The van der Waals surface area contributed by atoms with Gasteiger partial charge in [-0.05, 0) is 24.3 Å². The topological polar surface area (TPSA) is 87.7 Å². The van der Waals surface area contributed by atoms with E-state index in [1.165, 1.54) is 28.8 Å². The van der Waals surface area contributed by atoms with Crippen molar-refractivity contribution in [2.45, 2.75) is 11.6 Å². The van der Waals surface area contributed by atoms with Gasteiger partial charge in [0.15, 0.2) is 11.0 Å². The van der Waals surface area contributed by atoms with Crippen molar-refractivity contribution in [3.8, 4) is 17.5 Å². The van der Waals surface area contributed by atoms with Crippen molar-refractivity contribution in [3.63, 3.8) is 0 Å². The molecule has 0 atom stereocenters. The van der Waals surface area contributed by atoms with Crippen molar-refractivity contribution in [2.24, 2.45) is 7.05 Å². The lowest BCUT2D eigenvalue weighted by Crippen LogP contribution is -2.34. The van der Waals surface area contributed by atoms with Crippen LogP contribution in [0.4, 0.5) is 10.1 Å². The average Bonchev–Trinajstić information content (AvgIpc) is 3.09. The molecule has 28 heavy (non-hydrogen) atoms. The molecule has 0 saturated carbocycles. The fourth-order valence-corrected chi connectivity index (χ4v) is 3.40. The first-order chi connectivity index (χ1) is 13.6. The molecule has 1 aromatic carbocycles. The molecule has 3 aromatic rings. The Labute approximate surface area is 165 Å². The number of rotatable bonds is 7. The molecule has 0 aliphatic carbocycles. The van der Waals surface area contributed by atoms with Crippen LogP contribution in [0.15, 0.2) is 53.9 Å². The van der Waals surface area contributed by atoms with Crippen LogP contribution in [0.5, 0.6) is 0 Å². The number of pyridine rings is 1. The SMILES string of the molecule is Cn1c(SCC(=O)N(CCC#N)c2ccccc2F)nnc1-c1ccncc1. The standard InChI is InChI=1S/C19H17FN6OS/c1-25-18(14-7-10-22-11-8-14)23-24-19(25)28-13-17(27)26(12-4-9-21)16-6-3-2-5-15(16)20/h2-3,5-8,10-11H,4,12-13H2,1H3. The first-order valence-corrected chi connectivity index (χ1v) is 9.45. The number of para-hydroxylation sites is 1. The molecule has 0 aliphatic heterocycles. The van der Waals surface area contributed by atoms with Crippen LogP contribution in [0, 0.1) is 17.1 Å². The Hall–Kier alpha value is -3.25. The minimum atomic E-state index is -0.502. The Balaban J connectivity index is 1.74. The predicted molar refractivity (Wildman–Crippen MR) is 104 cm³/mol. The average molecular weight is 396 g/mol. The van der Waals surface area contributed by atoms with Crippen LogP contribution in [-0.4, -0.2) is 38.0 Å². The zero-order valence-electron chi connectivity index (χ0n) is 15.1. The number of nitrogens with zero attached hydrogens (tertiary/aromatic N) is 6. The maximum absolute atomic E-state index is 14.1. The molecule has 0 unspecified atom stereocenters. The highest BCUT2D eigenvalue weighted by Crippen LogP contribution is 2.24. The first kappa shape index (κ1) is 19.5. The van der Waals surface area contributed by atoms with Crippen molar-refractivity contribution >= 4 is 23.4 Å². The van der Waals surface area contributed by atoms with Gasteiger partial charge in [0.1, 0.15) is 5.82 Å². The zero-order chi connectivity index (χ0) is 19.9. The van der Waals surface area contributed by atoms with Crippen molar-refractivity contribution in [1.29, 1.82) is 5.26 Å². The fourth-order valence-electron chi connectivity index (χ4n) is 2.61. The second-order valence-electron chi connectivity index (χ2n) is 5.79. The number of anilines is 1. The van der Waals surface area contributed by atoms with Crippen molar-refractivity contribution in [1.82, 2.24) is 19.7 Å². The summed E-state index contributed by atoms with van der Waals surface area (Å²) in [7, 11) is 1.81. The molecule has 1 amide bonds. The summed E-state index contributed by atoms with van der Waals surface area (Å²) in [5.41, 5.74) is 1.03. The van der Waals surface area contributed by atoms with Gasteiger partial charge in [-0.1, -0.05) is 23.9 Å². The zero-order valence-corrected chi connectivity index (χ0v) is 15.9. The van der Waals surface area contributed by atoms with E-state index in [-0.39, 0.29) is 30.3 Å². The molecule has 0 saturated heterocycles. The third-order valence-corrected chi connectivity index (χ3v) is 4.99. The molecule has 0 spiro atoms. The number of thioether (sulfide) groups is 1. The summed E-state index contributed by atoms with van der Waals surface area (Å²) in [6, 6.07) is 11.7. The van der Waals surface area contributed by atoms with Crippen LogP contribution in [-0.2, 0) is 11.8 Å². The number of benzene rings is 1. The van der Waals surface area contributed by atoms with E-state index in [0.29, 0.717) is 11.0 Å². The van der Waals surface area contributed by atoms with Crippen LogP contribution in [0.1, 0.15) is 6.42 Å². The lowest BCUT2D eigenvalue weighted by atomic mass is 10.2. The van der Waals surface area contributed by atoms with Gasteiger partial charge in [-0.3, -0.25) is 9.78 Å². The van der Waals surface area contributed by atoms with Gasteiger partial charge in [0.25, 0.3) is 0 Å². The van der Waals surface area contributed by atoms with Crippen molar-refractivity contribution < 1.29 is 9.18 Å². The molecule has 2 heterocycles. The lowest BCUT2D eigenvalue weighted by molar-refractivity contribution is -0.116. The van der Waals surface area contributed by atoms with Crippen LogP contribution in [0.3, 0.4) is 0 Å². The third-order valence-electron chi connectivity index (χ3n) is 3.99. The van der Waals surface area contributed by atoms with Crippen LogP contribution < -0.4 is 4.90 Å². The second kappa shape index (κ2) is 9.10. The number of hydrogen-bond donors (Lipinski definition) is 0. The molecule has 7 nitrogen and oxygen atoms in total. The largest absolute Gasteiger partial charge is 0.308 e. The Bertz CT molecular complexity index is 1000. The molecule has 142 valence electrons. The van der Waals surface area contributed by atoms with Gasteiger partial charge in [0.2, 0.25) is 5.91 Å². The quantitative estimate of drug-likeness (QED) is 0.571. The van der Waals surface area contributed by atoms with Gasteiger partial charge in [-0.15, -0.1) is 10.2 Å². The van der Waals surface area contributed by atoms with Crippen molar-refractivity contribution in [3.05, 3.63) is 54.6 Å². The number of amides is 1.